The molecule has 3 aromatic carbocycles. The van der Waals surface area contributed by atoms with Crippen LogP contribution in [0, 0.1) is 5.82 Å². The minimum absolute atomic E-state index is 0.272. The molecule has 0 fully saturated rings. The topological polar surface area (TPSA) is 63.2 Å². The number of amides is 2. The molecule has 0 aliphatic heterocycles. The summed E-state index contributed by atoms with van der Waals surface area (Å²) in [5, 5.41) is 5.60. The van der Waals surface area contributed by atoms with Gasteiger partial charge in [-0.1, -0.05) is 48.5 Å². The van der Waals surface area contributed by atoms with Gasteiger partial charge in [0, 0.05) is 30.2 Å². The van der Waals surface area contributed by atoms with Crippen molar-refractivity contribution in [3.63, 3.8) is 0 Å². The molecule has 1 heterocycles. The fourth-order valence-electron chi connectivity index (χ4n) is 3.17. The molecule has 0 radical (unpaired) electrons. The van der Waals surface area contributed by atoms with E-state index in [4.69, 9.17) is 4.74 Å². The summed E-state index contributed by atoms with van der Waals surface area (Å²) in [4.78, 5) is 16.1. The molecule has 6 heteroatoms. The molecular weight excluding hydrogens is 405 g/mol. The summed E-state index contributed by atoms with van der Waals surface area (Å²) >= 11 is 0. The van der Waals surface area contributed by atoms with Crippen molar-refractivity contribution in [2.75, 3.05) is 5.32 Å². The molecule has 0 spiro atoms. The lowest BCUT2D eigenvalue weighted by atomic mass is 10.0. The monoisotopic (exact) mass is 427 g/mol. The van der Waals surface area contributed by atoms with E-state index in [1.54, 1.807) is 24.5 Å². The maximum Gasteiger partial charge on any atom is 0.319 e. The fourth-order valence-corrected chi connectivity index (χ4v) is 3.17. The third-order valence-corrected chi connectivity index (χ3v) is 4.82. The predicted octanol–water partition coefficient (Wildman–Crippen LogP) is 5.79. The zero-order chi connectivity index (χ0) is 22.2. The lowest BCUT2D eigenvalue weighted by molar-refractivity contribution is 0.251. The highest BCUT2D eigenvalue weighted by molar-refractivity contribution is 5.89. The molecule has 0 saturated heterocycles. The molecule has 0 bridgehead atoms. The molecule has 160 valence electrons. The number of urea groups is 1. The Bertz CT molecular complexity index is 1160. The van der Waals surface area contributed by atoms with E-state index in [-0.39, 0.29) is 11.8 Å². The number of hydrogen-bond acceptors (Lipinski definition) is 3. The lowest BCUT2D eigenvalue weighted by Gasteiger charge is -2.12. The van der Waals surface area contributed by atoms with Gasteiger partial charge in [-0.2, -0.15) is 0 Å². The first-order valence-corrected chi connectivity index (χ1v) is 10.2. The molecular formula is C26H22FN3O2. The summed E-state index contributed by atoms with van der Waals surface area (Å²) in [6.45, 7) is 0.769. The zero-order valence-electron chi connectivity index (χ0n) is 17.3. The molecule has 0 saturated carbocycles. The first-order chi connectivity index (χ1) is 15.7. The SMILES string of the molecule is O=C(NCc1cccnc1)Nc1ccc(COc2ccccc2-c2ccc(F)cc2)cc1. The van der Waals surface area contributed by atoms with Gasteiger partial charge in [-0.15, -0.1) is 0 Å². The Labute approximate surface area is 185 Å². The molecule has 2 amide bonds. The number of nitrogens with one attached hydrogen (secondary N) is 2. The summed E-state index contributed by atoms with van der Waals surface area (Å²) in [5.41, 5.74) is 4.36. The molecule has 0 unspecified atom stereocenters. The average Bonchev–Trinajstić information content (AvgIpc) is 2.84. The van der Waals surface area contributed by atoms with Crippen molar-refractivity contribution in [1.29, 1.82) is 0 Å². The van der Waals surface area contributed by atoms with Crippen LogP contribution in [0.15, 0.2) is 97.3 Å². The van der Waals surface area contributed by atoms with Gasteiger partial charge < -0.3 is 15.4 Å². The van der Waals surface area contributed by atoms with Gasteiger partial charge in [-0.3, -0.25) is 4.98 Å². The second-order valence-corrected chi connectivity index (χ2v) is 7.16. The van der Waals surface area contributed by atoms with Crippen molar-refractivity contribution in [3.8, 4) is 16.9 Å². The van der Waals surface area contributed by atoms with Crippen molar-refractivity contribution in [1.82, 2.24) is 10.3 Å². The molecule has 0 aliphatic rings. The van der Waals surface area contributed by atoms with Gasteiger partial charge in [0.1, 0.15) is 18.2 Å². The fraction of sp³-hybridized carbons (Fsp3) is 0.0769. The van der Waals surface area contributed by atoms with Crippen LogP contribution in [0.3, 0.4) is 0 Å². The molecule has 5 nitrogen and oxygen atoms in total. The van der Waals surface area contributed by atoms with E-state index >= 15 is 0 Å². The van der Waals surface area contributed by atoms with Gasteiger partial charge in [0.25, 0.3) is 0 Å². The van der Waals surface area contributed by atoms with E-state index in [0.717, 1.165) is 28.0 Å². The van der Waals surface area contributed by atoms with Crippen LogP contribution in [-0.4, -0.2) is 11.0 Å². The number of hydrogen-bond donors (Lipinski definition) is 2. The third kappa shape index (κ3) is 5.70. The van der Waals surface area contributed by atoms with Crippen LogP contribution in [0.5, 0.6) is 5.75 Å². The van der Waals surface area contributed by atoms with E-state index in [9.17, 15) is 9.18 Å². The van der Waals surface area contributed by atoms with Crippen molar-refractivity contribution < 1.29 is 13.9 Å². The summed E-state index contributed by atoms with van der Waals surface area (Å²) < 4.78 is 19.3. The Balaban J connectivity index is 1.33. The van der Waals surface area contributed by atoms with E-state index in [1.165, 1.54) is 12.1 Å². The number of nitrogens with zero attached hydrogens (tertiary/aromatic N) is 1. The number of aromatic nitrogens is 1. The van der Waals surface area contributed by atoms with E-state index in [1.807, 2.05) is 60.7 Å². The number of halogens is 1. The number of carbonyl (C=O) groups is 1. The maximum absolute atomic E-state index is 13.2. The van der Waals surface area contributed by atoms with Gasteiger partial charge in [-0.05, 0) is 53.1 Å². The van der Waals surface area contributed by atoms with Crippen LogP contribution in [0.2, 0.25) is 0 Å². The number of pyridine rings is 1. The van der Waals surface area contributed by atoms with Crippen molar-refractivity contribution in [2.45, 2.75) is 13.2 Å². The minimum Gasteiger partial charge on any atom is -0.488 e. The van der Waals surface area contributed by atoms with Crippen LogP contribution in [-0.2, 0) is 13.2 Å². The van der Waals surface area contributed by atoms with Crippen LogP contribution in [0.4, 0.5) is 14.9 Å². The lowest BCUT2D eigenvalue weighted by Crippen LogP contribution is -2.28. The summed E-state index contributed by atoms with van der Waals surface area (Å²) in [6.07, 6.45) is 3.40. The molecule has 32 heavy (non-hydrogen) atoms. The van der Waals surface area contributed by atoms with Gasteiger partial charge in [-0.25, -0.2) is 9.18 Å². The summed E-state index contributed by atoms with van der Waals surface area (Å²) in [7, 11) is 0. The molecule has 0 atom stereocenters. The third-order valence-electron chi connectivity index (χ3n) is 4.82. The standard InChI is InChI=1S/C26H22FN3O2/c27-22-11-9-21(10-12-22)24-5-1-2-6-25(24)32-18-19-7-13-23(14-8-19)30-26(31)29-17-20-4-3-15-28-16-20/h1-16H,17-18H2,(H2,29,30,31). The van der Waals surface area contributed by atoms with E-state index in [2.05, 4.69) is 15.6 Å². The van der Waals surface area contributed by atoms with Gasteiger partial charge in [0.15, 0.2) is 0 Å². The Kier molecular flexibility index (Phi) is 6.72. The predicted molar refractivity (Wildman–Crippen MR) is 123 cm³/mol. The molecule has 0 aliphatic carbocycles. The maximum atomic E-state index is 13.2. The molecule has 2 N–H and O–H groups in total. The highest BCUT2D eigenvalue weighted by Gasteiger charge is 2.07. The minimum atomic E-state index is -0.286. The summed E-state index contributed by atoms with van der Waals surface area (Å²) in [5.74, 6) is 0.447. The zero-order valence-corrected chi connectivity index (χ0v) is 17.3. The number of rotatable bonds is 7. The summed E-state index contributed by atoms with van der Waals surface area (Å²) in [6, 6.07) is 24.9. The Morgan fingerprint density at radius 1 is 0.875 bits per heavy atom. The number of para-hydroxylation sites is 1. The van der Waals surface area contributed by atoms with Crippen LogP contribution in [0.1, 0.15) is 11.1 Å². The van der Waals surface area contributed by atoms with Gasteiger partial charge in [0.05, 0.1) is 0 Å². The molecule has 4 rings (SSSR count). The second-order valence-electron chi connectivity index (χ2n) is 7.16. The van der Waals surface area contributed by atoms with Crippen molar-refractivity contribution >= 4 is 11.7 Å². The van der Waals surface area contributed by atoms with Crippen molar-refractivity contribution in [3.05, 3.63) is 114 Å². The smallest absolute Gasteiger partial charge is 0.319 e. The second kappa shape index (κ2) is 10.2. The molecule has 4 aromatic rings. The van der Waals surface area contributed by atoms with Gasteiger partial charge >= 0.3 is 6.03 Å². The highest BCUT2D eigenvalue weighted by Crippen LogP contribution is 2.30. The number of ether oxygens (including phenoxy) is 1. The normalized spacial score (nSPS) is 10.4. The Morgan fingerprint density at radius 2 is 1.66 bits per heavy atom. The number of carbonyl (C=O) groups excluding carboxylic acids is 1. The van der Waals surface area contributed by atoms with Crippen LogP contribution < -0.4 is 15.4 Å². The van der Waals surface area contributed by atoms with E-state index < -0.39 is 0 Å². The number of anilines is 1. The quantitative estimate of drug-likeness (QED) is 0.392. The highest BCUT2D eigenvalue weighted by atomic mass is 19.1. The first-order valence-electron chi connectivity index (χ1n) is 10.2. The van der Waals surface area contributed by atoms with E-state index in [0.29, 0.717) is 18.8 Å². The Morgan fingerprint density at radius 3 is 2.41 bits per heavy atom. The average molecular weight is 427 g/mol. The van der Waals surface area contributed by atoms with Crippen molar-refractivity contribution in [2.24, 2.45) is 0 Å². The Hall–Kier alpha value is -4.19. The van der Waals surface area contributed by atoms with Gasteiger partial charge in [0.2, 0.25) is 0 Å². The first kappa shape index (κ1) is 21.1. The number of benzene rings is 3. The molecule has 1 aromatic heterocycles. The van der Waals surface area contributed by atoms with Crippen LogP contribution in [0.25, 0.3) is 11.1 Å². The van der Waals surface area contributed by atoms with Crippen LogP contribution >= 0.6 is 0 Å². The largest absolute Gasteiger partial charge is 0.488 e.